The van der Waals surface area contributed by atoms with Crippen molar-refractivity contribution in [2.24, 2.45) is 0 Å². The number of fused-ring (bicyclic) bond motifs is 1. The molecule has 0 aliphatic carbocycles. The number of carboxylic acid groups (broad SMARTS) is 1. The number of imidazole rings is 1. The molecule has 0 spiro atoms. The first-order chi connectivity index (χ1) is 14.9. The molecule has 0 aliphatic heterocycles. The van der Waals surface area contributed by atoms with Gasteiger partial charge in [-0.15, -0.1) is 0 Å². The Labute approximate surface area is 180 Å². The van der Waals surface area contributed by atoms with E-state index < -0.39 is 11.8 Å². The lowest BCUT2D eigenvalue weighted by Gasteiger charge is -2.11. The molecule has 0 radical (unpaired) electrons. The maximum absolute atomic E-state index is 12.1. The zero-order valence-electron chi connectivity index (χ0n) is 17.7. The van der Waals surface area contributed by atoms with Crippen molar-refractivity contribution < 1.29 is 14.7 Å². The molecule has 0 amide bonds. The first kappa shape index (κ1) is 20.5. The molecule has 2 aromatic carbocycles. The fraction of sp³-hybridized carbons (Fsp3) is 0.200. The van der Waals surface area contributed by atoms with Gasteiger partial charge < -0.3 is 9.67 Å². The van der Waals surface area contributed by atoms with Crippen molar-refractivity contribution in [3.05, 3.63) is 82.8 Å². The molecule has 6 heteroatoms. The van der Waals surface area contributed by atoms with E-state index in [0.29, 0.717) is 12.1 Å². The zero-order chi connectivity index (χ0) is 22.1. The first-order valence-electron chi connectivity index (χ1n) is 10.2. The number of carbonyl (C=O) groups is 2. The molecule has 1 N–H and O–H groups in total. The summed E-state index contributed by atoms with van der Waals surface area (Å²) in [6, 6.07) is 16.6. The molecular weight excluding hydrogens is 390 g/mol. The van der Waals surface area contributed by atoms with Crippen LogP contribution in [0.1, 0.15) is 39.9 Å². The van der Waals surface area contributed by atoms with Crippen LogP contribution in [0, 0.1) is 13.8 Å². The lowest BCUT2D eigenvalue weighted by atomic mass is 9.96. The Hall–Kier alpha value is -3.80. The summed E-state index contributed by atoms with van der Waals surface area (Å²) in [5, 5.41) is 9.11. The number of hydrogen-bond donors (Lipinski definition) is 1. The molecule has 156 valence electrons. The predicted octanol–water partition coefficient (Wildman–Crippen LogP) is 4.59. The largest absolute Gasteiger partial charge is 0.475 e. The summed E-state index contributed by atoms with van der Waals surface area (Å²) >= 11 is 0. The number of hydrogen-bond acceptors (Lipinski definition) is 4. The van der Waals surface area contributed by atoms with Gasteiger partial charge in [-0.1, -0.05) is 55.5 Å². The van der Waals surface area contributed by atoms with Gasteiger partial charge in [0.15, 0.2) is 5.65 Å². The summed E-state index contributed by atoms with van der Waals surface area (Å²) in [6.45, 7) is 6.75. The molecule has 2 heterocycles. The van der Waals surface area contributed by atoms with Gasteiger partial charge in [-0.25, -0.2) is 14.8 Å². The van der Waals surface area contributed by atoms with Crippen molar-refractivity contribution in [1.29, 1.82) is 0 Å². The Morgan fingerprint density at radius 3 is 2.39 bits per heavy atom. The third kappa shape index (κ3) is 3.84. The average Bonchev–Trinajstić information content (AvgIpc) is 3.11. The highest BCUT2D eigenvalue weighted by Gasteiger charge is 2.19. The standard InChI is InChI=1S/C25H23N3O3/c1-4-21-27-22-15(2)13-16(3)26-24(22)28(21)14-17-9-11-18(12-10-17)19-7-5-6-8-20(19)23(29)25(30)31/h5-13H,4,14H2,1-3H3,(H,30,31). The number of Topliss-reactive ketones (excluding diaryl/α,β-unsaturated/α-hetero) is 1. The minimum Gasteiger partial charge on any atom is -0.475 e. The smallest absolute Gasteiger partial charge is 0.377 e. The maximum Gasteiger partial charge on any atom is 0.377 e. The van der Waals surface area contributed by atoms with Crippen molar-refractivity contribution in [3.8, 4) is 11.1 Å². The van der Waals surface area contributed by atoms with Gasteiger partial charge in [0.05, 0.1) is 6.54 Å². The highest BCUT2D eigenvalue weighted by molar-refractivity contribution is 6.41. The van der Waals surface area contributed by atoms with Crippen LogP contribution in [-0.4, -0.2) is 31.4 Å². The third-order valence-electron chi connectivity index (χ3n) is 5.39. The summed E-state index contributed by atoms with van der Waals surface area (Å²) in [4.78, 5) is 32.7. The number of pyridine rings is 1. The average molecular weight is 413 g/mol. The van der Waals surface area contributed by atoms with E-state index in [1.54, 1.807) is 24.3 Å². The fourth-order valence-electron chi connectivity index (χ4n) is 3.90. The van der Waals surface area contributed by atoms with Gasteiger partial charge in [-0.05, 0) is 42.2 Å². The topological polar surface area (TPSA) is 85.1 Å². The van der Waals surface area contributed by atoms with Gasteiger partial charge in [0.1, 0.15) is 11.3 Å². The van der Waals surface area contributed by atoms with E-state index in [0.717, 1.165) is 45.8 Å². The first-order valence-corrected chi connectivity index (χ1v) is 10.2. The Morgan fingerprint density at radius 2 is 1.71 bits per heavy atom. The van der Waals surface area contributed by atoms with E-state index in [2.05, 4.69) is 18.4 Å². The molecule has 0 unspecified atom stereocenters. The lowest BCUT2D eigenvalue weighted by Crippen LogP contribution is -2.13. The summed E-state index contributed by atoms with van der Waals surface area (Å²) in [7, 11) is 0. The number of rotatable bonds is 6. The number of ketones is 1. The molecule has 0 saturated heterocycles. The van der Waals surface area contributed by atoms with E-state index >= 15 is 0 Å². The molecule has 0 saturated carbocycles. The van der Waals surface area contributed by atoms with Crippen LogP contribution in [0.15, 0.2) is 54.6 Å². The summed E-state index contributed by atoms with van der Waals surface area (Å²) < 4.78 is 2.15. The van der Waals surface area contributed by atoms with Gasteiger partial charge in [0.25, 0.3) is 5.78 Å². The Morgan fingerprint density at radius 1 is 1.00 bits per heavy atom. The second-order valence-corrected chi connectivity index (χ2v) is 7.60. The number of carboxylic acids is 1. The van der Waals surface area contributed by atoms with Crippen LogP contribution >= 0.6 is 0 Å². The van der Waals surface area contributed by atoms with Crippen molar-refractivity contribution in [3.63, 3.8) is 0 Å². The number of aryl methyl sites for hydroxylation is 3. The number of aromatic nitrogens is 3. The molecule has 4 aromatic rings. The van der Waals surface area contributed by atoms with Crippen LogP contribution < -0.4 is 0 Å². The molecular formula is C25H23N3O3. The van der Waals surface area contributed by atoms with Gasteiger partial charge in [0.2, 0.25) is 0 Å². The van der Waals surface area contributed by atoms with E-state index in [-0.39, 0.29) is 5.56 Å². The van der Waals surface area contributed by atoms with Crippen LogP contribution in [0.5, 0.6) is 0 Å². The Kier molecular flexibility index (Phi) is 5.38. The highest BCUT2D eigenvalue weighted by atomic mass is 16.4. The second-order valence-electron chi connectivity index (χ2n) is 7.60. The normalized spacial score (nSPS) is 11.1. The lowest BCUT2D eigenvalue weighted by molar-refractivity contribution is -0.131. The molecule has 2 aromatic heterocycles. The monoisotopic (exact) mass is 413 g/mol. The van der Waals surface area contributed by atoms with Crippen LogP contribution in [-0.2, 0) is 17.8 Å². The van der Waals surface area contributed by atoms with Gasteiger partial charge in [0, 0.05) is 17.7 Å². The van der Waals surface area contributed by atoms with Crippen LogP contribution in [0.3, 0.4) is 0 Å². The van der Waals surface area contributed by atoms with E-state index in [1.807, 2.05) is 37.3 Å². The Balaban J connectivity index is 1.70. The number of nitrogens with zero attached hydrogens (tertiary/aromatic N) is 3. The summed E-state index contributed by atoms with van der Waals surface area (Å²) in [5.41, 5.74) is 6.56. The number of aliphatic carboxylic acids is 1. The highest BCUT2D eigenvalue weighted by Crippen LogP contribution is 2.26. The van der Waals surface area contributed by atoms with Crippen molar-refractivity contribution >= 4 is 22.9 Å². The van der Waals surface area contributed by atoms with Gasteiger partial charge in [-0.2, -0.15) is 0 Å². The fourth-order valence-corrected chi connectivity index (χ4v) is 3.90. The molecule has 0 atom stereocenters. The van der Waals surface area contributed by atoms with Crippen molar-refractivity contribution in [2.75, 3.05) is 0 Å². The van der Waals surface area contributed by atoms with E-state index in [9.17, 15) is 9.59 Å². The summed E-state index contributed by atoms with van der Waals surface area (Å²) in [5.74, 6) is -1.38. The van der Waals surface area contributed by atoms with Crippen LogP contribution in [0.2, 0.25) is 0 Å². The number of carbonyl (C=O) groups excluding carboxylic acids is 1. The minimum atomic E-state index is -1.46. The van der Waals surface area contributed by atoms with Crippen LogP contribution in [0.4, 0.5) is 0 Å². The van der Waals surface area contributed by atoms with Gasteiger partial charge >= 0.3 is 5.97 Å². The van der Waals surface area contributed by atoms with Crippen LogP contribution in [0.25, 0.3) is 22.3 Å². The van der Waals surface area contributed by atoms with Crippen molar-refractivity contribution in [1.82, 2.24) is 14.5 Å². The second kappa shape index (κ2) is 8.14. The molecule has 0 bridgehead atoms. The quantitative estimate of drug-likeness (QED) is 0.369. The maximum atomic E-state index is 12.1. The Bertz CT molecular complexity index is 1300. The zero-order valence-corrected chi connectivity index (χ0v) is 17.7. The van der Waals surface area contributed by atoms with Gasteiger partial charge in [-0.3, -0.25) is 4.79 Å². The SMILES string of the molecule is CCc1nc2c(C)cc(C)nc2n1Cc1ccc(-c2ccccc2C(=O)C(=O)O)cc1. The molecule has 4 rings (SSSR count). The van der Waals surface area contributed by atoms with Crippen molar-refractivity contribution in [2.45, 2.75) is 33.7 Å². The predicted molar refractivity (Wildman–Crippen MR) is 119 cm³/mol. The van der Waals surface area contributed by atoms with E-state index in [4.69, 9.17) is 15.1 Å². The molecule has 31 heavy (non-hydrogen) atoms. The molecule has 6 nitrogen and oxygen atoms in total. The van der Waals surface area contributed by atoms with E-state index in [1.165, 1.54) is 0 Å². The molecule has 0 fully saturated rings. The molecule has 0 aliphatic rings. The summed E-state index contributed by atoms with van der Waals surface area (Å²) in [6.07, 6.45) is 0.803. The number of benzene rings is 2. The third-order valence-corrected chi connectivity index (χ3v) is 5.39. The minimum absolute atomic E-state index is 0.187.